The Morgan fingerprint density at radius 3 is 1.97 bits per heavy atom. The van der Waals surface area contributed by atoms with Crippen molar-refractivity contribution in [2.24, 2.45) is 0 Å². The second-order valence-electron chi connectivity index (χ2n) is 10.5. The average Bonchev–Trinajstić information content (AvgIpc) is 3.51. The summed E-state index contributed by atoms with van der Waals surface area (Å²) in [5, 5.41) is 2.58. The summed E-state index contributed by atoms with van der Waals surface area (Å²) in [5.74, 6) is 0.474. The van der Waals surface area contributed by atoms with Gasteiger partial charge in [0.2, 0.25) is 0 Å². The summed E-state index contributed by atoms with van der Waals surface area (Å²) >= 11 is 0. The monoisotopic (exact) mass is 488 g/mol. The molecule has 0 fully saturated rings. The molecule has 1 aromatic heterocycles. The van der Waals surface area contributed by atoms with Gasteiger partial charge in [-0.3, -0.25) is 0 Å². The first-order chi connectivity index (χ1) is 18.9. The van der Waals surface area contributed by atoms with Crippen LogP contribution in [-0.2, 0) is 0 Å². The number of aromatic nitrogens is 1. The van der Waals surface area contributed by atoms with Gasteiger partial charge < -0.3 is 9.47 Å². The number of fused-ring (bicyclic) bond motifs is 6. The fourth-order valence-corrected chi connectivity index (χ4v) is 6.78. The van der Waals surface area contributed by atoms with Crippen LogP contribution in [0.25, 0.3) is 38.6 Å². The first-order valence-corrected chi connectivity index (χ1v) is 13.6. The molecule has 2 nitrogen and oxygen atoms in total. The molecule has 0 spiro atoms. The van der Waals surface area contributed by atoms with E-state index < -0.39 is 0 Å². The fraction of sp³-hybridized carbons (Fsp3) is 0.111. The third-order valence-electron chi connectivity index (χ3n) is 8.42. The number of rotatable bonds is 3. The number of hydrogen-bond acceptors (Lipinski definition) is 1. The molecule has 0 saturated carbocycles. The van der Waals surface area contributed by atoms with Gasteiger partial charge in [0.15, 0.2) is 0 Å². The summed E-state index contributed by atoms with van der Waals surface area (Å²) in [6.45, 7) is 0. The van der Waals surface area contributed by atoms with Crippen molar-refractivity contribution in [3.8, 4) is 16.8 Å². The first-order valence-electron chi connectivity index (χ1n) is 13.6. The van der Waals surface area contributed by atoms with Crippen molar-refractivity contribution in [2.45, 2.75) is 24.8 Å². The normalized spacial score (nSPS) is 18.2. The van der Waals surface area contributed by atoms with Crippen molar-refractivity contribution >= 4 is 33.2 Å². The van der Waals surface area contributed by atoms with Gasteiger partial charge in [-0.2, -0.15) is 0 Å². The number of para-hydroxylation sites is 3. The van der Waals surface area contributed by atoms with E-state index in [9.17, 15) is 0 Å². The Hall–Kier alpha value is -4.56. The summed E-state index contributed by atoms with van der Waals surface area (Å²) in [6, 6.07) is 44.9. The van der Waals surface area contributed by atoms with Crippen LogP contribution in [0.4, 0.5) is 11.4 Å². The lowest BCUT2D eigenvalue weighted by atomic mass is 9.87. The zero-order chi connectivity index (χ0) is 25.1. The fourth-order valence-electron chi connectivity index (χ4n) is 6.78. The molecule has 0 amide bonds. The Morgan fingerprint density at radius 1 is 0.579 bits per heavy atom. The Kier molecular flexibility index (Phi) is 4.81. The van der Waals surface area contributed by atoms with Crippen LogP contribution in [0.1, 0.15) is 24.3 Å². The summed E-state index contributed by atoms with van der Waals surface area (Å²) in [6.07, 6.45) is 7.11. The Morgan fingerprint density at radius 2 is 1.21 bits per heavy atom. The Bertz CT molecular complexity index is 1800. The van der Waals surface area contributed by atoms with Gasteiger partial charge in [0.25, 0.3) is 0 Å². The largest absolute Gasteiger partial charge is 0.337 e. The summed E-state index contributed by atoms with van der Waals surface area (Å²) in [4.78, 5) is 2.59. The predicted octanol–water partition coefficient (Wildman–Crippen LogP) is 9.40. The minimum atomic E-state index is 0.474. The van der Waals surface area contributed by atoms with Crippen LogP contribution in [0, 0.1) is 0 Å². The molecule has 1 aliphatic carbocycles. The topological polar surface area (TPSA) is 8.17 Å². The standard InChI is InChI=1S/C36H28N2/c1-5-19-33-29(15-1)30-16-2-6-20-34(30)37(33)27-13-9-11-25(23-27)26-12-10-14-28(24-26)38-35-21-7-3-17-31(35)32-18-4-8-22-36(32)38/h1-7,9-21,23-24,32,36H,8,22H2. The molecule has 182 valence electrons. The molecule has 0 radical (unpaired) electrons. The molecule has 5 aromatic carbocycles. The minimum Gasteiger partial charge on any atom is -0.337 e. The van der Waals surface area contributed by atoms with Crippen molar-refractivity contribution < 1.29 is 0 Å². The van der Waals surface area contributed by atoms with E-state index in [1.807, 2.05) is 0 Å². The summed E-state index contributed by atoms with van der Waals surface area (Å²) in [5.41, 5.74) is 10.2. The second-order valence-corrected chi connectivity index (χ2v) is 10.5. The zero-order valence-electron chi connectivity index (χ0n) is 21.2. The van der Waals surface area contributed by atoms with Gasteiger partial charge in [-0.05, 0) is 72.0 Å². The second kappa shape index (κ2) is 8.49. The van der Waals surface area contributed by atoms with Gasteiger partial charge in [-0.25, -0.2) is 0 Å². The van der Waals surface area contributed by atoms with E-state index in [1.165, 1.54) is 62.0 Å². The molecule has 1 aliphatic heterocycles. The van der Waals surface area contributed by atoms with Crippen molar-refractivity contribution in [1.82, 2.24) is 4.57 Å². The molecule has 6 aromatic rings. The van der Waals surface area contributed by atoms with Crippen LogP contribution in [0.5, 0.6) is 0 Å². The minimum absolute atomic E-state index is 0.474. The highest BCUT2D eigenvalue weighted by atomic mass is 15.2. The maximum Gasteiger partial charge on any atom is 0.0541 e. The lowest BCUT2D eigenvalue weighted by Crippen LogP contribution is -2.30. The molecule has 0 bridgehead atoms. The summed E-state index contributed by atoms with van der Waals surface area (Å²) in [7, 11) is 0. The SMILES string of the molecule is C1=CC2c3ccccc3N(c3cccc(-c4cccc(-n5c6ccccc6c6ccccc65)c4)c3)C2CC1. The van der Waals surface area contributed by atoms with Crippen LogP contribution in [0.2, 0.25) is 0 Å². The number of anilines is 2. The molecule has 38 heavy (non-hydrogen) atoms. The number of nitrogens with zero attached hydrogens (tertiary/aromatic N) is 2. The summed E-state index contributed by atoms with van der Waals surface area (Å²) < 4.78 is 2.40. The highest BCUT2D eigenvalue weighted by molar-refractivity contribution is 6.09. The number of hydrogen-bond donors (Lipinski definition) is 0. The molecule has 2 heterocycles. The number of benzene rings is 5. The van der Waals surface area contributed by atoms with Crippen LogP contribution in [0.15, 0.2) is 133 Å². The van der Waals surface area contributed by atoms with E-state index >= 15 is 0 Å². The zero-order valence-corrected chi connectivity index (χ0v) is 21.2. The van der Waals surface area contributed by atoms with Crippen LogP contribution in [0.3, 0.4) is 0 Å². The third kappa shape index (κ3) is 3.20. The highest BCUT2D eigenvalue weighted by Gasteiger charge is 2.38. The lowest BCUT2D eigenvalue weighted by molar-refractivity contribution is 0.565. The van der Waals surface area contributed by atoms with Gasteiger partial charge in [0.1, 0.15) is 0 Å². The Labute approximate surface area is 223 Å². The predicted molar refractivity (Wildman–Crippen MR) is 160 cm³/mol. The lowest BCUT2D eigenvalue weighted by Gasteiger charge is -2.31. The molecule has 0 saturated heterocycles. The van der Waals surface area contributed by atoms with Crippen LogP contribution in [-0.4, -0.2) is 10.6 Å². The molecular weight excluding hydrogens is 460 g/mol. The molecule has 2 atom stereocenters. The van der Waals surface area contributed by atoms with E-state index in [0.717, 1.165) is 6.42 Å². The van der Waals surface area contributed by atoms with Crippen molar-refractivity contribution in [3.63, 3.8) is 0 Å². The average molecular weight is 489 g/mol. The van der Waals surface area contributed by atoms with Crippen LogP contribution < -0.4 is 4.90 Å². The quantitative estimate of drug-likeness (QED) is 0.225. The molecule has 8 rings (SSSR count). The smallest absolute Gasteiger partial charge is 0.0541 e. The molecule has 0 N–H and O–H groups in total. The van der Waals surface area contributed by atoms with E-state index in [1.54, 1.807) is 0 Å². The van der Waals surface area contributed by atoms with Gasteiger partial charge in [-0.15, -0.1) is 0 Å². The van der Waals surface area contributed by atoms with Gasteiger partial charge in [0.05, 0.1) is 11.0 Å². The Balaban J connectivity index is 1.25. The molecule has 2 unspecified atom stereocenters. The van der Waals surface area contributed by atoms with Crippen LogP contribution >= 0.6 is 0 Å². The van der Waals surface area contributed by atoms with E-state index in [4.69, 9.17) is 0 Å². The molecule has 2 heteroatoms. The highest BCUT2D eigenvalue weighted by Crippen LogP contribution is 2.49. The van der Waals surface area contributed by atoms with E-state index in [2.05, 4.69) is 143 Å². The maximum atomic E-state index is 2.59. The number of allylic oxidation sites excluding steroid dienone is 1. The van der Waals surface area contributed by atoms with E-state index in [0.29, 0.717) is 12.0 Å². The maximum absolute atomic E-state index is 2.59. The molecular formula is C36H28N2. The van der Waals surface area contributed by atoms with Crippen molar-refractivity contribution in [2.75, 3.05) is 4.90 Å². The third-order valence-corrected chi connectivity index (χ3v) is 8.42. The molecule has 2 aliphatic rings. The van der Waals surface area contributed by atoms with Gasteiger partial charge >= 0.3 is 0 Å². The van der Waals surface area contributed by atoms with Crippen molar-refractivity contribution in [3.05, 3.63) is 139 Å². The van der Waals surface area contributed by atoms with Crippen molar-refractivity contribution in [1.29, 1.82) is 0 Å². The van der Waals surface area contributed by atoms with Gasteiger partial charge in [-0.1, -0.05) is 91.0 Å². The first kappa shape index (κ1) is 21.5. The van der Waals surface area contributed by atoms with Gasteiger partial charge in [0, 0.05) is 39.8 Å². The van der Waals surface area contributed by atoms with E-state index in [-0.39, 0.29) is 0 Å².